The number of hydrogen-bond donors (Lipinski definition) is 3. The van der Waals surface area contributed by atoms with Gasteiger partial charge in [0.05, 0.1) is 19.3 Å². The number of hydrogen-bond acceptors (Lipinski definition) is 3. The molecule has 2 bridgehead atoms. The van der Waals surface area contributed by atoms with Crippen molar-refractivity contribution in [1.29, 1.82) is 0 Å². The maximum atomic E-state index is 11.6. The monoisotopic (exact) mass is 481 g/mol. The van der Waals surface area contributed by atoms with Gasteiger partial charge in [0.15, 0.2) is 5.96 Å². The van der Waals surface area contributed by atoms with Crippen LogP contribution in [0, 0.1) is 47.3 Å². The number of ether oxygens (including phenoxy) is 1. The predicted octanol–water partition coefficient (Wildman–Crippen LogP) is 2.23. The first-order chi connectivity index (χ1) is 12.6. The van der Waals surface area contributed by atoms with Gasteiger partial charge in [-0.2, -0.15) is 0 Å². The third-order valence-electron chi connectivity index (χ3n) is 8.68. The summed E-state index contributed by atoms with van der Waals surface area (Å²) < 4.78 is 5.36. The van der Waals surface area contributed by atoms with Crippen molar-refractivity contribution in [2.75, 3.05) is 13.7 Å². The number of methoxy groups -OCH3 is 1. The topological polar surface area (TPSA) is 79.9 Å². The number of fused-ring (bicyclic) bond motifs is 2. The molecule has 5 aliphatic rings. The van der Waals surface area contributed by atoms with E-state index >= 15 is 0 Å². The minimum absolute atomic E-state index is 0. The van der Waals surface area contributed by atoms with Crippen molar-refractivity contribution in [3.63, 3.8) is 0 Å². The van der Waals surface area contributed by atoms with Gasteiger partial charge in [0.2, 0.25) is 0 Å². The summed E-state index contributed by atoms with van der Waals surface area (Å²) in [5.41, 5.74) is 6.58. The fraction of sp³-hybridized carbons (Fsp3) is 0.667. The van der Waals surface area contributed by atoms with E-state index in [4.69, 9.17) is 10.5 Å². The second-order valence-electron chi connectivity index (χ2n) is 9.19. The first-order valence-corrected chi connectivity index (χ1v) is 10.0. The zero-order valence-electron chi connectivity index (χ0n) is 15.5. The van der Waals surface area contributed by atoms with Crippen LogP contribution in [0.5, 0.6) is 5.75 Å². The van der Waals surface area contributed by atoms with E-state index in [0.29, 0.717) is 30.9 Å². The Bertz CT molecular complexity index is 795. The summed E-state index contributed by atoms with van der Waals surface area (Å²) in [5, 5.41) is 14.8. The Morgan fingerprint density at radius 2 is 1.93 bits per heavy atom. The number of aliphatic hydroxyl groups is 1. The van der Waals surface area contributed by atoms with E-state index in [0.717, 1.165) is 46.8 Å². The fourth-order valence-electron chi connectivity index (χ4n) is 8.25. The van der Waals surface area contributed by atoms with Gasteiger partial charge in [-0.05, 0) is 66.3 Å². The lowest BCUT2D eigenvalue weighted by atomic mass is 9.56. The van der Waals surface area contributed by atoms with Gasteiger partial charge in [0.25, 0.3) is 0 Å². The summed E-state index contributed by atoms with van der Waals surface area (Å²) in [6, 6.07) is 7.85. The Labute approximate surface area is 177 Å². The van der Waals surface area contributed by atoms with Gasteiger partial charge in [-0.25, -0.2) is 4.99 Å². The van der Waals surface area contributed by atoms with Crippen molar-refractivity contribution in [3.8, 4) is 5.75 Å². The molecule has 1 aromatic rings. The lowest BCUT2D eigenvalue weighted by molar-refractivity contribution is -0.125. The lowest BCUT2D eigenvalue weighted by Crippen LogP contribution is -2.59. The number of nitrogens with one attached hydrogen (secondary N) is 1. The van der Waals surface area contributed by atoms with Gasteiger partial charge >= 0.3 is 0 Å². The molecule has 5 aliphatic carbocycles. The molecule has 5 fully saturated rings. The van der Waals surface area contributed by atoms with Crippen LogP contribution in [0.25, 0.3) is 0 Å². The molecule has 0 amide bonds. The first kappa shape index (κ1) is 18.0. The first-order valence-electron chi connectivity index (χ1n) is 10.0. The van der Waals surface area contributed by atoms with E-state index in [2.05, 4.69) is 10.3 Å². The molecular weight excluding hydrogens is 453 g/mol. The highest BCUT2D eigenvalue weighted by molar-refractivity contribution is 14.0. The maximum absolute atomic E-state index is 11.6. The highest BCUT2D eigenvalue weighted by Gasteiger charge is 2.84. The van der Waals surface area contributed by atoms with Crippen LogP contribution in [0.15, 0.2) is 29.3 Å². The van der Waals surface area contributed by atoms with Crippen LogP contribution in [0.3, 0.4) is 0 Å². The molecule has 4 N–H and O–H groups in total. The molecule has 5 saturated carbocycles. The standard InChI is InChI=1S/C21H27N3O2.HI/c1-26-15-5-3-2-4-10(15)8-23-20(22)24-9-21(25)18-12-7-13-16-11(12)6-14(18)17(16)19(13)21;/h2-5,11-14,16-19,25H,6-9H2,1H3,(H3,22,23,24);1H. The number of aliphatic imine (C=N–C) groups is 1. The van der Waals surface area contributed by atoms with Crippen molar-refractivity contribution in [3.05, 3.63) is 29.8 Å². The van der Waals surface area contributed by atoms with Crippen LogP contribution in [0.2, 0.25) is 0 Å². The molecule has 9 atom stereocenters. The highest BCUT2D eigenvalue weighted by Crippen LogP contribution is 2.85. The van der Waals surface area contributed by atoms with Crippen molar-refractivity contribution < 1.29 is 9.84 Å². The van der Waals surface area contributed by atoms with Gasteiger partial charge in [-0.3, -0.25) is 0 Å². The fourth-order valence-corrected chi connectivity index (χ4v) is 8.25. The molecule has 6 rings (SSSR count). The average molecular weight is 481 g/mol. The van der Waals surface area contributed by atoms with Crippen LogP contribution < -0.4 is 15.8 Å². The Morgan fingerprint density at radius 1 is 1.19 bits per heavy atom. The molecule has 0 aromatic heterocycles. The molecule has 9 unspecified atom stereocenters. The summed E-state index contributed by atoms with van der Waals surface area (Å²) in [6.45, 7) is 1.04. The molecule has 27 heavy (non-hydrogen) atoms. The number of benzene rings is 1. The molecule has 1 aromatic carbocycles. The second kappa shape index (κ2) is 5.99. The Hall–Kier alpha value is -1.02. The van der Waals surface area contributed by atoms with Gasteiger partial charge in [-0.15, -0.1) is 24.0 Å². The van der Waals surface area contributed by atoms with E-state index in [1.807, 2.05) is 24.3 Å². The molecule has 0 spiro atoms. The molecule has 146 valence electrons. The van der Waals surface area contributed by atoms with Crippen LogP contribution in [-0.2, 0) is 6.54 Å². The zero-order chi connectivity index (χ0) is 17.6. The van der Waals surface area contributed by atoms with Crippen LogP contribution in [0.1, 0.15) is 18.4 Å². The van der Waals surface area contributed by atoms with E-state index in [1.165, 1.54) is 12.8 Å². The average Bonchev–Trinajstić information content (AvgIpc) is 3.17. The molecule has 0 heterocycles. The van der Waals surface area contributed by atoms with Gasteiger partial charge < -0.3 is 20.9 Å². The van der Waals surface area contributed by atoms with E-state index < -0.39 is 5.60 Å². The van der Waals surface area contributed by atoms with Gasteiger partial charge in [0.1, 0.15) is 5.75 Å². The van der Waals surface area contributed by atoms with Gasteiger partial charge in [0, 0.05) is 12.1 Å². The summed E-state index contributed by atoms with van der Waals surface area (Å²) in [7, 11) is 1.67. The lowest BCUT2D eigenvalue weighted by Gasteiger charge is -2.51. The number of rotatable bonds is 5. The molecular formula is C21H28IN3O2. The molecule has 0 saturated heterocycles. The normalized spacial score (nSPS) is 47.1. The molecule has 6 heteroatoms. The maximum Gasteiger partial charge on any atom is 0.189 e. The van der Waals surface area contributed by atoms with Crippen LogP contribution >= 0.6 is 24.0 Å². The Kier molecular flexibility index (Phi) is 4.00. The predicted molar refractivity (Wildman–Crippen MR) is 114 cm³/mol. The minimum atomic E-state index is -0.560. The molecule has 5 nitrogen and oxygen atoms in total. The number of halogens is 1. The summed E-state index contributed by atoms with van der Waals surface area (Å²) in [6.07, 6.45) is 2.77. The minimum Gasteiger partial charge on any atom is -0.496 e. The van der Waals surface area contributed by atoms with Crippen LogP contribution in [0.4, 0.5) is 0 Å². The van der Waals surface area contributed by atoms with E-state index in [9.17, 15) is 5.11 Å². The third-order valence-corrected chi connectivity index (χ3v) is 8.68. The quantitative estimate of drug-likeness (QED) is 0.343. The summed E-state index contributed by atoms with van der Waals surface area (Å²) >= 11 is 0. The Morgan fingerprint density at radius 3 is 2.74 bits per heavy atom. The number of para-hydroxylation sites is 1. The number of guanidine groups is 1. The summed E-state index contributed by atoms with van der Waals surface area (Å²) in [5.74, 6) is 7.33. The van der Waals surface area contributed by atoms with E-state index in [1.54, 1.807) is 7.11 Å². The SMILES string of the molecule is COc1ccccc1CN=C(N)NCC1(O)C2C3CC4C5C3CC2C5C41.I. The molecule has 0 aliphatic heterocycles. The zero-order valence-corrected chi connectivity index (χ0v) is 17.9. The van der Waals surface area contributed by atoms with Crippen molar-refractivity contribution in [1.82, 2.24) is 5.32 Å². The number of nitrogens with two attached hydrogens (primary N) is 1. The largest absolute Gasteiger partial charge is 0.496 e. The Balaban J connectivity index is 0.00000160. The number of nitrogens with zero attached hydrogens (tertiary/aromatic N) is 1. The van der Waals surface area contributed by atoms with Crippen molar-refractivity contribution in [2.45, 2.75) is 25.0 Å². The van der Waals surface area contributed by atoms with Gasteiger partial charge in [-0.1, -0.05) is 18.2 Å². The smallest absolute Gasteiger partial charge is 0.189 e. The van der Waals surface area contributed by atoms with Crippen LogP contribution in [-0.4, -0.2) is 30.3 Å². The molecule has 0 radical (unpaired) electrons. The third kappa shape index (κ3) is 2.11. The second-order valence-corrected chi connectivity index (χ2v) is 9.19. The van der Waals surface area contributed by atoms with Crippen molar-refractivity contribution >= 4 is 29.9 Å². The van der Waals surface area contributed by atoms with Crippen molar-refractivity contribution in [2.24, 2.45) is 58.1 Å². The summed E-state index contributed by atoms with van der Waals surface area (Å²) in [4.78, 5) is 4.47. The highest BCUT2D eigenvalue weighted by atomic mass is 127. The van der Waals surface area contributed by atoms with E-state index in [-0.39, 0.29) is 24.0 Å².